The summed E-state index contributed by atoms with van der Waals surface area (Å²) in [5.41, 5.74) is 5.38. The topological polar surface area (TPSA) is 72.2 Å². The van der Waals surface area contributed by atoms with Crippen LogP contribution >= 0.6 is 0 Å². The third kappa shape index (κ3) is 8.94. The molecule has 5 heteroatoms. The average Bonchev–Trinajstić information content (AvgIpc) is 2.49. The molecule has 0 radical (unpaired) electrons. The van der Waals surface area contributed by atoms with E-state index in [9.17, 15) is 9.59 Å². The van der Waals surface area contributed by atoms with Gasteiger partial charge in [0.15, 0.2) is 0 Å². The summed E-state index contributed by atoms with van der Waals surface area (Å²) in [6, 6.07) is 0. The molecule has 0 bridgehead atoms. The Labute approximate surface area is 142 Å². The van der Waals surface area contributed by atoms with E-state index < -0.39 is 0 Å². The van der Waals surface area contributed by atoms with Crippen LogP contribution in [0.2, 0.25) is 0 Å². The number of hydrogen-bond donors (Lipinski definition) is 2. The SMILES string of the molecule is CCNC(=O)C(CC)CC(CCC(C)C(N)=O)C[N+](C)(C)CC. The lowest BCUT2D eigenvalue weighted by atomic mass is 9.86. The normalized spacial score (nSPS) is 15.7. The van der Waals surface area contributed by atoms with Gasteiger partial charge in [-0.05, 0) is 39.5 Å². The fraction of sp³-hybridized carbons (Fsp3) is 0.889. The molecule has 0 heterocycles. The van der Waals surface area contributed by atoms with Crippen LogP contribution in [0.4, 0.5) is 0 Å². The van der Waals surface area contributed by atoms with Crippen molar-refractivity contribution in [2.45, 2.75) is 53.4 Å². The quantitative estimate of drug-likeness (QED) is 0.539. The molecule has 0 aromatic rings. The highest BCUT2D eigenvalue weighted by molar-refractivity contribution is 5.78. The summed E-state index contributed by atoms with van der Waals surface area (Å²) in [5, 5.41) is 2.94. The van der Waals surface area contributed by atoms with E-state index in [1.54, 1.807) is 0 Å². The second-order valence-electron chi connectivity index (χ2n) is 7.42. The van der Waals surface area contributed by atoms with Gasteiger partial charge in [-0.2, -0.15) is 0 Å². The lowest BCUT2D eigenvalue weighted by Crippen LogP contribution is -2.44. The number of primary amides is 1. The molecule has 0 aliphatic rings. The predicted octanol–water partition coefficient (Wildman–Crippen LogP) is 2.15. The van der Waals surface area contributed by atoms with Crippen LogP contribution < -0.4 is 11.1 Å². The molecule has 3 atom stereocenters. The Kier molecular flexibility index (Phi) is 10.1. The molecule has 3 unspecified atom stereocenters. The first kappa shape index (κ1) is 21.9. The number of amides is 2. The van der Waals surface area contributed by atoms with Crippen molar-refractivity contribution in [3.8, 4) is 0 Å². The molecular formula is C18H38N3O2+. The maximum absolute atomic E-state index is 12.2. The third-order valence-electron chi connectivity index (χ3n) is 4.93. The van der Waals surface area contributed by atoms with Crippen molar-refractivity contribution in [1.82, 2.24) is 5.32 Å². The summed E-state index contributed by atoms with van der Waals surface area (Å²) >= 11 is 0. The lowest BCUT2D eigenvalue weighted by Gasteiger charge is -2.34. The Hall–Kier alpha value is -1.10. The first-order valence-electron chi connectivity index (χ1n) is 9.05. The second kappa shape index (κ2) is 10.6. The number of nitrogens with two attached hydrogens (primary N) is 1. The summed E-state index contributed by atoms with van der Waals surface area (Å²) in [6.45, 7) is 10.9. The number of hydrogen-bond acceptors (Lipinski definition) is 2. The van der Waals surface area contributed by atoms with Gasteiger partial charge >= 0.3 is 0 Å². The van der Waals surface area contributed by atoms with Crippen molar-refractivity contribution in [3.05, 3.63) is 0 Å². The standard InChI is InChI=1S/C18H37N3O2/c1-7-16(18(23)20-8-2)12-15(13-21(5,6)9-3)11-10-14(4)17(19)22/h14-16H,7-13H2,1-6H3,(H2-,19,20,22,23)/p+1. The van der Waals surface area contributed by atoms with Gasteiger partial charge in [0.1, 0.15) is 0 Å². The molecule has 0 spiro atoms. The summed E-state index contributed by atoms with van der Waals surface area (Å²) in [4.78, 5) is 23.5. The van der Waals surface area contributed by atoms with Gasteiger partial charge in [0.25, 0.3) is 0 Å². The van der Waals surface area contributed by atoms with E-state index in [1.807, 2.05) is 13.8 Å². The molecule has 5 nitrogen and oxygen atoms in total. The molecule has 0 aliphatic heterocycles. The second-order valence-corrected chi connectivity index (χ2v) is 7.42. The highest BCUT2D eigenvalue weighted by atomic mass is 16.2. The highest BCUT2D eigenvalue weighted by Gasteiger charge is 2.27. The first-order valence-corrected chi connectivity index (χ1v) is 9.05. The number of rotatable bonds is 12. The fourth-order valence-corrected chi connectivity index (χ4v) is 2.92. The van der Waals surface area contributed by atoms with E-state index >= 15 is 0 Å². The van der Waals surface area contributed by atoms with Crippen molar-refractivity contribution in [2.24, 2.45) is 23.5 Å². The van der Waals surface area contributed by atoms with E-state index in [1.165, 1.54) is 0 Å². The zero-order valence-electron chi connectivity index (χ0n) is 16.0. The van der Waals surface area contributed by atoms with E-state index in [0.29, 0.717) is 12.5 Å². The van der Waals surface area contributed by atoms with Crippen LogP contribution in [0.3, 0.4) is 0 Å². The van der Waals surface area contributed by atoms with Crippen molar-refractivity contribution < 1.29 is 14.1 Å². The molecule has 0 aliphatic carbocycles. The molecule has 0 rings (SSSR count). The minimum absolute atomic E-state index is 0.0562. The van der Waals surface area contributed by atoms with Gasteiger partial charge in [-0.25, -0.2) is 0 Å². The maximum atomic E-state index is 12.2. The summed E-state index contributed by atoms with van der Waals surface area (Å²) in [5.74, 6) is 0.313. The van der Waals surface area contributed by atoms with Crippen LogP contribution in [0.1, 0.15) is 53.4 Å². The van der Waals surface area contributed by atoms with Gasteiger partial charge in [-0.1, -0.05) is 13.8 Å². The maximum Gasteiger partial charge on any atom is 0.223 e. The highest BCUT2D eigenvalue weighted by Crippen LogP contribution is 2.24. The van der Waals surface area contributed by atoms with Crippen LogP contribution in [0, 0.1) is 17.8 Å². The Morgan fingerprint density at radius 3 is 2.17 bits per heavy atom. The van der Waals surface area contributed by atoms with Crippen LogP contribution in [0.25, 0.3) is 0 Å². The molecule has 0 saturated heterocycles. The zero-order chi connectivity index (χ0) is 18.0. The fourth-order valence-electron chi connectivity index (χ4n) is 2.92. The molecule has 0 fully saturated rings. The molecule has 2 amide bonds. The molecule has 0 saturated carbocycles. The van der Waals surface area contributed by atoms with E-state index in [0.717, 1.165) is 43.3 Å². The van der Waals surface area contributed by atoms with E-state index in [4.69, 9.17) is 5.73 Å². The Balaban J connectivity index is 4.87. The molecule has 136 valence electrons. The van der Waals surface area contributed by atoms with Crippen LogP contribution in [-0.2, 0) is 9.59 Å². The van der Waals surface area contributed by atoms with Gasteiger partial charge < -0.3 is 15.5 Å². The average molecular weight is 329 g/mol. The van der Waals surface area contributed by atoms with Crippen LogP contribution in [0.15, 0.2) is 0 Å². The van der Waals surface area contributed by atoms with Crippen molar-refractivity contribution in [2.75, 3.05) is 33.7 Å². The van der Waals surface area contributed by atoms with Crippen LogP contribution in [0.5, 0.6) is 0 Å². The van der Waals surface area contributed by atoms with Gasteiger partial charge in [0.2, 0.25) is 11.8 Å². The number of carbonyl (C=O) groups is 2. The minimum Gasteiger partial charge on any atom is -0.369 e. The summed E-state index contributed by atoms with van der Waals surface area (Å²) in [6.07, 6.45) is 3.49. The van der Waals surface area contributed by atoms with Crippen molar-refractivity contribution in [1.29, 1.82) is 0 Å². The first-order chi connectivity index (χ1) is 10.7. The number of nitrogens with one attached hydrogen (secondary N) is 1. The number of nitrogens with zero attached hydrogens (tertiary/aromatic N) is 1. The Bertz CT molecular complexity index is 369. The molecular weight excluding hydrogens is 290 g/mol. The largest absolute Gasteiger partial charge is 0.369 e. The van der Waals surface area contributed by atoms with E-state index in [-0.39, 0.29) is 23.7 Å². The molecule has 3 N–H and O–H groups in total. The molecule has 0 aromatic carbocycles. The zero-order valence-corrected chi connectivity index (χ0v) is 16.0. The van der Waals surface area contributed by atoms with Gasteiger partial charge in [-0.15, -0.1) is 0 Å². The van der Waals surface area contributed by atoms with Crippen LogP contribution in [-0.4, -0.2) is 50.0 Å². The smallest absolute Gasteiger partial charge is 0.223 e. The van der Waals surface area contributed by atoms with Crippen molar-refractivity contribution >= 4 is 11.8 Å². The summed E-state index contributed by atoms with van der Waals surface area (Å²) < 4.78 is 0.932. The van der Waals surface area contributed by atoms with E-state index in [2.05, 4.69) is 33.3 Å². The van der Waals surface area contributed by atoms with Gasteiger partial charge in [-0.3, -0.25) is 9.59 Å². The lowest BCUT2D eigenvalue weighted by molar-refractivity contribution is -0.892. The minimum atomic E-state index is -0.233. The monoisotopic (exact) mass is 328 g/mol. The molecule has 0 aromatic heterocycles. The Morgan fingerprint density at radius 2 is 1.74 bits per heavy atom. The third-order valence-corrected chi connectivity index (χ3v) is 4.93. The van der Waals surface area contributed by atoms with Crippen molar-refractivity contribution in [3.63, 3.8) is 0 Å². The number of carbonyl (C=O) groups excluding carboxylic acids is 2. The Morgan fingerprint density at radius 1 is 1.13 bits per heavy atom. The number of quaternary nitrogens is 1. The summed E-state index contributed by atoms with van der Waals surface area (Å²) in [7, 11) is 4.44. The molecule has 23 heavy (non-hydrogen) atoms. The predicted molar refractivity (Wildman–Crippen MR) is 95.7 cm³/mol. The van der Waals surface area contributed by atoms with Gasteiger partial charge in [0, 0.05) is 24.3 Å². The van der Waals surface area contributed by atoms with Gasteiger partial charge in [0.05, 0.1) is 27.2 Å².